The SMILES string of the molecule is CCNc1ncccc1Cn1c(C(F)(F)F)cccc1=O. The molecule has 112 valence electrons. The largest absolute Gasteiger partial charge is 0.431 e. The smallest absolute Gasteiger partial charge is 0.370 e. The Hall–Kier alpha value is -2.31. The molecule has 0 fully saturated rings. The minimum atomic E-state index is -4.58. The quantitative estimate of drug-likeness (QED) is 0.944. The molecule has 0 radical (unpaired) electrons. The molecule has 2 aromatic heterocycles. The lowest BCUT2D eigenvalue weighted by molar-refractivity contribution is -0.144. The van der Waals surface area contributed by atoms with Gasteiger partial charge in [-0.3, -0.25) is 9.36 Å². The number of alkyl halides is 3. The fourth-order valence-electron chi connectivity index (χ4n) is 1.99. The van der Waals surface area contributed by atoms with Gasteiger partial charge in [-0.1, -0.05) is 12.1 Å². The van der Waals surface area contributed by atoms with Crippen molar-refractivity contribution in [1.29, 1.82) is 0 Å². The summed E-state index contributed by atoms with van der Waals surface area (Å²) in [5.41, 5.74) is -1.14. The molecule has 0 spiro atoms. The Balaban J connectivity index is 2.48. The molecule has 0 atom stereocenters. The highest BCUT2D eigenvalue weighted by Gasteiger charge is 2.34. The van der Waals surface area contributed by atoms with Crippen molar-refractivity contribution in [2.75, 3.05) is 11.9 Å². The van der Waals surface area contributed by atoms with E-state index in [1.165, 1.54) is 0 Å². The normalized spacial score (nSPS) is 11.4. The molecule has 0 aliphatic rings. The van der Waals surface area contributed by atoms with Crippen LogP contribution in [0.3, 0.4) is 0 Å². The second-order valence-electron chi connectivity index (χ2n) is 4.37. The van der Waals surface area contributed by atoms with Crippen molar-refractivity contribution >= 4 is 5.82 Å². The minimum absolute atomic E-state index is 0.190. The van der Waals surface area contributed by atoms with Gasteiger partial charge in [0.25, 0.3) is 5.56 Å². The highest BCUT2D eigenvalue weighted by Crippen LogP contribution is 2.28. The van der Waals surface area contributed by atoms with E-state index in [1.54, 1.807) is 18.3 Å². The van der Waals surface area contributed by atoms with Crippen LogP contribution in [0, 0.1) is 0 Å². The Kier molecular flexibility index (Phi) is 4.30. The zero-order valence-corrected chi connectivity index (χ0v) is 11.3. The van der Waals surface area contributed by atoms with Crippen molar-refractivity contribution in [2.24, 2.45) is 0 Å². The van der Waals surface area contributed by atoms with Crippen LogP contribution in [0.2, 0.25) is 0 Å². The maximum absolute atomic E-state index is 13.0. The van der Waals surface area contributed by atoms with Crippen LogP contribution in [0.4, 0.5) is 19.0 Å². The van der Waals surface area contributed by atoms with E-state index in [0.717, 1.165) is 18.2 Å². The van der Waals surface area contributed by atoms with Gasteiger partial charge in [-0.15, -0.1) is 0 Å². The molecule has 1 N–H and O–H groups in total. The fourth-order valence-corrected chi connectivity index (χ4v) is 1.99. The first-order valence-electron chi connectivity index (χ1n) is 6.38. The summed E-state index contributed by atoms with van der Waals surface area (Å²) in [7, 11) is 0. The van der Waals surface area contributed by atoms with Crippen LogP contribution in [0.25, 0.3) is 0 Å². The van der Waals surface area contributed by atoms with Gasteiger partial charge < -0.3 is 5.32 Å². The van der Waals surface area contributed by atoms with E-state index in [4.69, 9.17) is 0 Å². The molecule has 2 heterocycles. The molecule has 0 saturated heterocycles. The van der Waals surface area contributed by atoms with Gasteiger partial charge in [-0.2, -0.15) is 13.2 Å². The van der Waals surface area contributed by atoms with Gasteiger partial charge >= 0.3 is 6.18 Å². The average Bonchev–Trinajstić information content (AvgIpc) is 2.42. The summed E-state index contributed by atoms with van der Waals surface area (Å²) < 4.78 is 39.7. The predicted octanol–water partition coefficient (Wildman–Crippen LogP) is 2.74. The zero-order valence-electron chi connectivity index (χ0n) is 11.3. The van der Waals surface area contributed by atoms with Gasteiger partial charge in [0.2, 0.25) is 0 Å². The van der Waals surface area contributed by atoms with Crippen LogP contribution < -0.4 is 10.9 Å². The van der Waals surface area contributed by atoms with E-state index < -0.39 is 17.4 Å². The summed E-state index contributed by atoms with van der Waals surface area (Å²) in [6, 6.07) is 6.38. The van der Waals surface area contributed by atoms with Crippen LogP contribution in [0.5, 0.6) is 0 Å². The first kappa shape index (κ1) is 15.1. The van der Waals surface area contributed by atoms with Gasteiger partial charge in [0.05, 0.1) is 6.54 Å². The monoisotopic (exact) mass is 297 g/mol. The van der Waals surface area contributed by atoms with Crippen molar-refractivity contribution in [3.63, 3.8) is 0 Å². The van der Waals surface area contributed by atoms with E-state index in [-0.39, 0.29) is 6.54 Å². The predicted molar refractivity (Wildman–Crippen MR) is 73.2 cm³/mol. The van der Waals surface area contributed by atoms with E-state index >= 15 is 0 Å². The summed E-state index contributed by atoms with van der Waals surface area (Å²) in [6.07, 6.45) is -3.04. The number of rotatable bonds is 4. The minimum Gasteiger partial charge on any atom is -0.370 e. The van der Waals surface area contributed by atoms with E-state index in [0.29, 0.717) is 22.5 Å². The van der Waals surface area contributed by atoms with Crippen molar-refractivity contribution in [1.82, 2.24) is 9.55 Å². The second kappa shape index (κ2) is 5.99. The third-order valence-electron chi connectivity index (χ3n) is 2.90. The Morgan fingerprint density at radius 1 is 1.24 bits per heavy atom. The molecule has 0 saturated carbocycles. The lowest BCUT2D eigenvalue weighted by atomic mass is 10.2. The van der Waals surface area contributed by atoms with Gasteiger partial charge in [-0.05, 0) is 19.1 Å². The number of pyridine rings is 2. The molecule has 0 aliphatic heterocycles. The van der Waals surface area contributed by atoms with Crippen LogP contribution >= 0.6 is 0 Å². The molecule has 0 amide bonds. The molecule has 0 aromatic carbocycles. The third-order valence-corrected chi connectivity index (χ3v) is 2.90. The molecular weight excluding hydrogens is 283 g/mol. The summed E-state index contributed by atoms with van der Waals surface area (Å²) in [4.78, 5) is 15.9. The highest BCUT2D eigenvalue weighted by molar-refractivity contribution is 5.43. The summed E-state index contributed by atoms with van der Waals surface area (Å²) >= 11 is 0. The number of nitrogens with one attached hydrogen (secondary N) is 1. The van der Waals surface area contributed by atoms with Crippen molar-refractivity contribution in [2.45, 2.75) is 19.6 Å². The number of hydrogen-bond acceptors (Lipinski definition) is 3. The number of halogens is 3. The molecule has 4 nitrogen and oxygen atoms in total. The number of anilines is 1. The van der Waals surface area contributed by atoms with Gasteiger partial charge in [0, 0.05) is 24.4 Å². The van der Waals surface area contributed by atoms with E-state index in [1.807, 2.05) is 6.92 Å². The number of nitrogens with zero attached hydrogens (tertiary/aromatic N) is 2. The lowest BCUT2D eigenvalue weighted by Crippen LogP contribution is -2.28. The van der Waals surface area contributed by atoms with E-state index in [9.17, 15) is 18.0 Å². The lowest BCUT2D eigenvalue weighted by Gasteiger charge is -2.16. The van der Waals surface area contributed by atoms with Crippen LogP contribution in [0.1, 0.15) is 18.2 Å². The molecule has 0 unspecified atom stereocenters. The number of hydrogen-bond donors (Lipinski definition) is 1. The van der Waals surface area contributed by atoms with Crippen LogP contribution in [-0.4, -0.2) is 16.1 Å². The Morgan fingerprint density at radius 3 is 2.67 bits per heavy atom. The fraction of sp³-hybridized carbons (Fsp3) is 0.286. The maximum Gasteiger partial charge on any atom is 0.431 e. The summed E-state index contributed by atoms with van der Waals surface area (Å²) in [6.45, 7) is 2.25. The van der Waals surface area contributed by atoms with Crippen LogP contribution in [0.15, 0.2) is 41.3 Å². The maximum atomic E-state index is 13.0. The van der Waals surface area contributed by atoms with Gasteiger partial charge in [-0.25, -0.2) is 4.98 Å². The first-order valence-corrected chi connectivity index (χ1v) is 6.38. The summed E-state index contributed by atoms with van der Waals surface area (Å²) in [5.74, 6) is 0.476. The topological polar surface area (TPSA) is 46.9 Å². The molecule has 0 aliphatic carbocycles. The molecule has 2 rings (SSSR count). The zero-order chi connectivity index (χ0) is 15.5. The van der Waals surface area contributed by atoms with Gasteiger partial charge in [0.15, 0.2) is 0 Å². The van der Waals surface area contributed by atoms with Crippen molar-refractivity contribution in [3.05, 3.63) is 58.1 Å². The standard InChI is InChI=1S/C14H14F3N3O/c1-2-18-13-10(5-4-8-19-13)9-20-11(14(15,16)17)6-3-7-12(20)21/h3-8H,2,9H2,1H3,(H,18,19). The van der Waals surface area contributed by atoms with Gasteiger partial charge in [0.1, 0.15) is 11.5 Å². The first-order chi connectivity index (χ1) is 9.93. The number of aromatic nitrogens is 2. The molecular formula is C14H14F3N3O. The Morgan fingerprint density at radius 2 is 2.00 bits per heavy atom. The van der Waals surface area contributed by atoms with E-state index in [2.05, 4.69) is 10.3 Å². The summed E-state index contributed by atoms with van der Waals surface area (Å²) in [5, 5.41) is 2.97. The second-order valence-corrected chi connectivity index (χ2v) is 4.37. The molecule has 21 heavy (non-hydrogen) atoms. The highest BCUT2D eigenvalue weighted by atomic mass is 19.4. The molecule has 0 bridgehead atoms. The molecule has 2 aromatic rings. The molecule has 7 heteroatoms. The third kappa shape index (κ3) is 3.42. The Labute approximate surface area is 119 Å². The van der Waals surface area contributed by atoms with Crippen LogP contribution in [-0.2, 0) is 12.7 Å². The average molecular weight is 297 g/mol. The van der Waals surface area contributed by atoms with Crippen molar-refractivity contribution < 1.29 is 13.2 Å². The Bertz CT molecular complexity index is 680. The van der Waals surface area contributed by atoms with Crippen molar-refractivity contribution in [3.8, 4) is 0 Å².